The minimum absolute atomic E-state index is 0.0995. The maximum absolute atomic E-state index is 11.5. The highest BCUT2D eigenvalue weighted by Crippen LogP contribution is 2.37. The van der Waals surface area contributed by atoms with Gasteiger partial charge in [-0.1, -0.05) is 6.07 Å². The quantitative estimate of drug-likeness (QED) is 0.936. The average Bonchev–Trinajstić information content (AvgIpc) is 2.83. The number of ether oxygens (including phenoxy) is 2. The third kappa shape index (κ3) is 2.77. The predicted octanol–water partition coefficient (Wildman–Crippen LogP) is 2.87. The zero-order valence-corrected chi connectivity index (χ0v) is 13.7. The molecular formula is C17H20N2O4. The molecule has 1 atom stereocenters. The van der Waals surface area contributed by atoms with Crippen molar-refractivity contribution in [2.45, 2.75) is 26.4 Å². The molecule has 0 bridgehead atoms. The number of methoxy groups -OCH3 is 2. The van der Waals surface area contributed by atoms with E-state index in [1.54, 1.807) is 14.2 Å². The third-order valence-corrected chi connectivity index (χ3v) is 4.14. The Bertz CT molecular complexity index is 785. The van der Waals surface area contributed by atoms with E-state index in [9.17, 15) is 4.79 Å². The molecular weight excluding hydrogens is 296 g/mol. The fraction of sp³-hybridized carbons (Fsp3) is 0.353. The number of fused-ring (bicyclic) bond motifs is 1. The molecule has 0 aliphatic carbocycles. The lowest BCUT2D eigenvalue weighted by Gasteiger charge is -2.22. The van der Waals surface area contributed by atoms with E-state index in [0.29, 0.717) is 23.9 Å². The summed E-state index contributed by atoms with van der Waals surface area (Å²) in [6, 6.07) is 7.44. The highest BCUT2D eigenvalue weighted by Gasteiger charge is 2.30. The Morgan fingerprint density at radius 1 is 1.22 bits per heavy atom. The summed E-state index contributed by atoms with van der Waals surface area (Å²) >= 11 is 0. The van der Waals surface area contributed by atoms with Crippen molar-refractivity contribution < 1.29 is 13.9 Å². The Kier molecular flexibility index (Phi) is 4.00. The molecule has 122 valence electrons. The lowest BCUT2D eigenvalue weighted by atomic mass is 10.1. The van der Waals surface area contributed by atoms with Crippen molar-refractivity contribution in [2.24, 2.45) is 0 Å². The molecule has 1 aliphatic rings. The maximum atomic E-state index is 11.5. The molecule has 1 N–H and O–H groups in total. The van der Waals surface area contributed by atoms with Gasteiger partial charge in [0.2, 0.25) is 5.88 Å². The molecule has 1 unspecified atom stereocenters. The van der Waals surface area contributed by atoms with E-state index >= 15 is 0 Å². The summed E-state index contributed by atoms with van der Waals surface area (Å²) in [5.41, 5.74) is 5.86. The second-order valence-electron chi connectivity index (χ2n) is 5.60. The number of nitrogens with one attached hydrogen (secondary N) is 1. The number of hydrogen-bond acceptors (Lipinski definition) is 6. The van der Waals surface area contributed by atoms with Gasteiger partial charge in [-0.25, -0.2) is 9.80 Å². The van der Waals surface area contributed by atoms with E-state index in [1.165, 1.54) is 6.07 Å². The number of benzene rings is 1. The van der Waals surface area contributed by atoms with Crippen LogP contribution in [-0.2, 0) is 6.54 Å². The van der Waals surface area contributed by atoms with E-state index in [-0.39, 0.29) is 11.7 Å². The highest BCUT2D eigenvalue weighted by molar-refractivity contribution is 5.51. The van der Waals surface area contributed by atoms with Gasteiger partial charge in [0.15, 0.2) is 11.5 Å². The lowest BCUT2D eigenvalue weighted by molar-refractivity contribution is 0.267. The highest BCUT2D eigenvalue weighted by atomic mass is 16.5. The van der Waals surface area contributed by atoms with Crippen LogP contribution in [0, 0.1) is 6.92 Å². The zero-order chi connectivity index (χ0) is 16.6. The number of hydrazine groups is 1. The number of anilines is 1. The Hall–Kier alpha value is -2.47. The molecule has 0 spiro atoms. The van der Waals surface area contributed by atoms with Gasteiger partial charge < -0.3 is 13.9 Å². The second-order valence-corrected chi connectivity index (χ2v) is 5.60. The molecule has 6 heteroatoms. The fourth-order valence-electron chi connectivity index (χ4n) is 2.96. The summed E-state index contributed by atoms with van der Waals surface area (Å²) in [4.78, 5) is 11.5. The normalized spacial score (nSPS) is 16.8. The van der Waals surface area contributed by atoms with Crippen LogP contribution in [0.5, 0.6) is 11.5 Å². The molecule has 1 aromatic heterocycles. The lowest BCUT2D eigenvalue weighted by Crippen LogP contribution is -2.26. The summed E-state index contributed by atoms with van der Waals surface area (Å²) in [7, 11) is 3.23. The maximum Gasteiger partial charge on any atom is 0.337 e. The van der Waals surface area contributed by atoms with Crippen molar-refractivity contribution >= 4 is 5.88 Å². The van der Waals surface area contributed by atoms with Gasteiger partial charge >= 0.3 is 5.63 Å². The van der Waals surface area contributed by atoms with Crippen LogP contribution in [0.2, 0.25) is 0 Å². The summed E-state index contributed by atoms with van der Waals surface area (Å²) in [6.45, 7) is 4.64. The van der Waals surface area contributed by atoms with Gasteiger partial charge in [-0.3, -0.25) is 5.43 Å². The molecule has 0 radical (unpaired) electrons. The van der Waals surface area contributed by atoms with Crippen molar-refractivity contribution in [3.05, 3.63) is 51.4 Å². The monoisotopic (exact) mass is 316 g/mol. The van der Waals surface area contributed by atoms with Crippen LogP contribution in [0.4, 0.5) is 5.88 Å². The fourth-order valence-corrected chi connectivity index (χ4v) is 2.96. The molecule has 2 heterocycles. The predicted molar refractivity (Wildman–Crippen MR) is 86.8 cm³/mol. The van der Waals surface area contributed by atoms with Crippen LogP contribution in [0.1, 0.15) is 29.7 Å². The summed E-state index contributed by atoms with van der Waals surface area (Å²) in [5.74, 6) is 1.92. The Morgan fingerprint density at radius 3 is 2.65 bits per heavy atom. The first kappa shape index (κ1) is 15.4. The van der Waals surface area contributed by atoms with Gasteiger partial charge in [-0.05, 0) is 37.1 Å². The largest absolute Gasteiger partial charge is 0.493 e. The minimum atomic E-state index is -0.339. The molecule has 1 aromatic carbocycles. The van der Waals surface area contributed by atoms with E-state index in [0.717, 1.165) is 16.7 Å². The molecule has 1 aliphatic heterocycles. The van der Waals surface area contributed by atoms with Gasteiger partial charge in [0.1, 0.15) is 0 Å². The van der Waals surface area contributed by atoms with Crippen molar-refractivity contribution in [3.8, 4) is 11.5 Å². The first-order valence-corrected chi connectivity index (χ1v) is 7.42. The molecule has 0 saturated heterocycles. The van der Waals surface area contributed by atoms with Gasteiger partial charge in [0, 0.05) is 18.2 Å². The van der Waals surface area contributed by atoms with Crippen LogP contribution in [0.15, 0.2) is 33.5 Å². The van der Waals surface area contributed by atoms with E-state index in [1.807, 2.05) is 30.1 Å². The van der Waals surface area contributed by atoms with Crippen LogP contribution < -0.4 is 20.5 Å². The van der Waals surface area contributed by atoms with Crippen LogP contribution in [0.3, 0.4) is 0 Å². The first-order valence-electron chi connectivity index (χ1n) is 7.42. The third-order valence-electron chi connectivity index (χ3n) is 4.14. The van der Waals surface area contributed by atoms with E-state index in [4.69, 9.17) is 13.9 Å². The number of rotatable bonds is 4. The van der Waals surface area contributed by atoms with Gasteiger partial charge in [-0.2, -0.15) is 0 Å². The van der Waals surface area contributed by atoms with Crippen molar-refractivity contribution in [1.29, 1.82) is 0 Å². The first-order chi connectivity index (χ1) is 11.0. The smallest absolute Gasteiger partial charge is 0.337 e. The molecule has 0 fully saturated rings. The minimum Gasteiger partial charge on any atom is -0.493 e. The standard InChI is InChI=1S/C17H20N2O4/c1-10-7-15(20)23-17-16(10)11(2)19(18-17)9-12-5-6-13(21-3)14(8-12)22-4/h5-8,11,18H,9H2,1-4H3. The molecule has 23 heavy (non-hydrogen) atoms. The van der Waals surface area contributed by atoms with Gasteiger partial charge in [-0.15, -0.1) is 0 Å². The topological polar surface area (TPSA) is 63.9 Å². The van der Waals surface area contributed by atoms with Crippen LogP contribution >= 0.6 is 0 Å². The summed E-state index contributed by atoms with van der Waals surface area (Å²) in [5, 5.41) is 2.03. The summed E-state index contributed by atoms with van der Waals surface area (Å²) in [6.07, 6.45) is 0. The van der Waals surface area contributed by atoms with E-state index in [2.05, 4.69) is 12.3 Å². The molecule has 3 rings (SSSR count). The second kappa shape index (κ2) is 5.96. The summed E-state index contributed by atoms with van der Waals surface area (Å²) < 4.78 is 15.9. The van der Waals surface area contributed by atoms with Gasteiger partial charge in [0.05, 0.1) is 20.3 Å². The zero-order valence-electron chi connectivity index (χ0n) is 13.7. The number of nitrogens with zero attached hydrogens (tertiary/aromatic N) is 1. The number of hydrogen-bond donors (Lipinski definition) is 1. The van der Waals surface area contributed by atoms with Crippen molar-refractivity contribution in [1.82, 2.24) is 5.01 Å². The number of aryl methyl sites for hydroxylation is 1. The molecule has 0 saturated carbocycles. The molecule has 2 aromatic rings. The average molecular weight is 316 g/mol. The van der Waals surface area contributed by atoms with E-state index < -0.39 is 0 Å². The molecule has 6 nitrogen and oxygen atoms in total. The van der Waals surface area contributed by atoms with Crippen LogP contribution in [-0.4, -0.2) is 19.2 Å². The Labute approximate surface area is 134 Å². The van der Waals surface area contributed by atoms with Crippen molar-refractivity contribution in [2.75, 3.05) is 19.6 Å². The van der Waals surface area contributed by atoms with Gasteiger partial charge in [0.25, 0.3) is 0 Å². The SMILES string of the molecule is COc1ccc(CN2Nc3oc(=O)cc(C)c3C2C)cc1OC. The Balaban J connectivity index is 1.85. The Morgan fingerprint density at radius 2 is 1.96 bits per heavy atom. The molecule has 0 amide bonds. The van der Waals surface area contributed by atoms with Crippen LogP contribution in [0.25, 0.3) is 0 Å². The van der Waals surface area contributed by atoms with Crippen molar-refractivity contribution in [3.63, 3.8) is 0 Å².